The van der Waals surface area contributed by atoms with Gasteiger partial charge in [0.25, 0.3) is 0 Å². The summed E-state index contributed by atoms with van der Waals surface area (Å²) in [5, 5.41) is 9.57. The second-order valence-corrected chi connectivity index (χ2v) is 8.90. The van der Waals surface area contributed by atoms with E-state index in [0.29, 0.717) is 32.7 Å². The highest BCUT2D eigenvalue weighted by Crippen LogP contribution is 2.31. The first kappa shape index (κ1) is 22.2. The zero-order valence-corrected chi connectivity index (χ0v) is 18.1. The Kier molecular flexibility index (Phi) is 7.03. The first-order chi connectivity index (χ1) is 14.3. The molecule has 162 valence electrons. The zero-order chi connectivity index (χ0) is 21.6. The molecule has 2 aromatic carbocycles. The van der Waals surface area contributed by atoms with E-state index in [2.05, 4.69) is 32.9 Å². The van der Waals surface area contributed by atoms with E-state index < -0.39 is 11.6 Å². The van der Waals surface area contributed by atoms with Gasteiger partial charge in [0.1, 0.15) is 11.5 Å². The third-order valence-corrected chi connectivity index (χ3v) is 5.43. The summed E-state index contributed by atoms with van der Waals surface area (Å²) >= 11 is 0. The van der Waals surface area contributed by atoms with Crippen LogP contribution >= 0.6 is 0 Å². The fourth-order valence-electron chi connectivity index (χ4n) is 3.65. The van der Waals surface area contributed by atoms with Gasteiger partial charge in [-0.05, 0) is 53.6 Å². The van der Waals surface area contributed by atoms with Gasteiger partial charge in [0.2, 0.25) is 0 Å². The zero-order valence-electron chi connectivity index (χ0n) is 18.1. The largest absolute Gasteiger partial charge is 0.493 e. The van der Waals surface area contributed by atoms with Crippen LogP contribution in [0.2, 0.25) is 0 Å². The summed E-state index contributed by atoms with van der Waals surface area (Å²) in [6, 6.07) is 15.8. The standard InChI is InChI=1S/C25H32O5/c1-24(2,3)20-9-11-21(12-10-20)28-14-6-15-29-22-8-4-7-19(17-22)18-25(23(26)27)13-5-16-30-25/h4,7-12,17H,5-6,13-16,18H2,1-3H3,(H,26,27). The lowest BCUT2D eigenvalue weighted by molar-refractivity contribution is -0.159. The Bertz CT molecular complexity index is 829. The van der Waals surface area contributed by atoms with Crippen molar-refractivity contribution in [2.75, 3.05) is 19.8 Å². The van der Waals surface area contributed by atoms with Gasteiger partial charge in [-0.15, -0.1) is 0 Å². The lowest BCUT2D eigenvalue weighted by Crippen LogP contribution is -2.40. The molecular weight excluding hydrogens is 380 g/mol. The van der Waals surface area contributed by atoms with E-state index in [0.717, 1.165) is 29.9 Å². The second kappa shape index (κ2) is 9.52. The molecule has 30 heavy (non-hydrogen) atoms. The van der Waals surface area contributed by atoms with Crippen molar-refractivity contribution in [3.05, 3.63) is 59.7 Å². The predicted octanol–water partition coefficient (Wildman–Crippen LogP) is 5.01. The van der Waals surface area contributed by atoms with Gasteiger partial charge in [0, 0.05) is 19.4 Å². The highest BCUT2D eigenvalue weighted by atomic mass is 16.5. The van der Waals surface area contributed by atoms with Gasteiger partial charge in [0.05, 0.1) is 13.2 Å². The molecule has 0 bridgehead atoms. The normalized spacial score (nSPS) is 18.9. The number of ether oxygens (including phenoxy) is 3. The maximum Gasteiger partial charge on any atom is 0.336 e. The first-order valence-electron chi connectivity index (χ1n) is 10.6. The number of hydrogen-bond donors (Lipinski definition) is 1. The maximum atomic E-state index is 11.7. The summed E-state index contributed by atoms with van der Waals surface area (Å²) in [7, 11) is 0. The van der Waals surface area contributed by atoms with Gasteiger partial charge in [-0.2, -0.15) is 0 Å². The monoisotopic (exact) mass is 412 g/mol. The molecule has 1 saturated heterocycles. The molecule has 1 unspecified atom stereocenters. The molecule has 1 atom stereocenters. The van der Waals surface area contributed by atoms with Crippen LogP contribution in [0.15, 0.2) is 48.5 Å². The highest BCUT2D eigenvalue weighted by Gasteiger charge is 2.42. The van der Waals surface area contributed by atoms with Crippen LogP contribution in [0.1, 0.15) is 51.2 Å². The topological polar surface area (TPSA) is 65.0 Å². The third-order valence-electron chi connectivity index (χ3n) is 5.43. The van der Waals surface area contributed by atoms with Crippen LogP contribution < -0.4 is 9.47 Å². The van der Waals surface area contributed by atoms with Gasteiger partial charge >= 0.3 is 5.97 Å². The van der Waals surface area contributed by atoms with E-state index in [-0.39, 0.29) is 5.41 Å². The summed E-state index contributed by atoms with van der Waals surface area (Å²) in [5.41, 5.74) is 1.22. The highest BCUT2D eigenvalue weighted by molar-refractivity contribution is 5.78. The molecule has 3 rings (SSSR count). The van der Waals surface area contributed by atoms with E-state index in [1.807, 2.05) is 36.4 Å². The fourth-order valence-corrected chi connectivity index (χ4v) is 3.65. The van der Waals surface area contributed by atoms with Crippen molar-refractivity contribution in [2.24, 2.45) is 0 Å². The smallest absolute Gasteiger partial charge is 0.336 e. The van der Waals surface area contributed by atoms with Crippen molar-refractivity contribution in [2.45, 2.75) is 57.5 Å². The Morgan fingerprint density at radius 2 is 1.77 bits per heavy atom. The minimum absolute atomic E-state index is 0.134. The van der Waals surface area contributed by atoms with Crippen LogP contribution in [0.25, 0.3) is 0 Å². The molecule has 0 aliphatic carbocycles. The quantitative estimate of drug-likeness (QED) is 0.587. The lowest BCUT2D eigenvalue weighted by atomic mass is 9.87. The van der Waals surface area contributed by atoms with Crippen LogP contribution in [-0.2, 0) is 21.4 Å². The number of carboxylic acids is 1. The number of benzene rings is 2. The molecule has 0 aromatic heterocycles. The molecule has 0 radical (unpaired) electrons. The number of carboxylic acid groups (broad SMARTS) is 1. The van der Waals surface area contributed by atoms with Crippen molar-refractivity contribution >= 4 is 5.97 Å². The van der Waals surface area contributed by atoms with Crippen LogP contribution in [0.5, 0.6) is 11.5 Å². The maximum absolute atomic E-state index is 11.7. The molecular formula is C25H32O5. The summed E-state index contributed by atoms with van der Waals surface area (Å²) in [5.74, 6) is 0.708. The molecule has 1 aliphatic rings. The number of aliphatic carboxylic acids is 1. The van der Waals surface area contributed by atoms with Gasteiger partial charge in [-0.25, -0.2) is 4.79 Å². The second-order valence-electron chi connectivity index (χ2n) is 8.90. The van der Waals surface area contributed by atoms with E-state index >= 15 is 0 Å². The average molecular weight is 413 g/mol. The summed E-state index contributed by atoms with van der Waals surface area (Å²) in [4.78, 5) is 11.7. The number of rotatable bonds is 9. The van der Waals surface area contributed by atoms with Gasteiger partial charge in [0.15, 0.2) is 5.60 Å². The Labute approximate surface area is 179 Å². The van der Waals surface area contributed by atoms with E-state index in [1.165, 1.54) is 5.56 Å². The molecule has 1 heterocycles. The van der Waals surface area contributed by atoms with Gasteiger partial charge in [-0.1, -0.05) is 45.0 Å². The van der Waals surface area contributed by atoms with Gasteiger partial charge in [-0.3, -0.25) is 0 Å². The molecule has 2 aromatic rings. The summed E-state index contributed by atoms with van der Waals surface area (Å²) in [6.45, 7) is 8.18. The molecule has 0 saturated carbocycles. The first-order valence-corrected chi connectivity index (χ1v) is 10.6. The van der Waals surface area contributed by atoms with Crippen molar-refractivity contribution in [3.8, 4) is 11.5 Å². The SMILES string of the molecule is CC(C)(C)c1ccc(OCCCOc2cccc(CC3(C(=O)O)CCCO3)c2)cc1. The average Bonchev–Trinajstić information content (AvgIpc) is 3.18. The van der Waals surface area contributed by atoms with E-state index in [1.54, 1.807) is 0 Å². The molecule has 1 fully saturated rings. The minimum Gasteiger partial charge on any atom is -0.493 e. The van der Waals surface area contributed by atoms with E-state index in [9.17, 15) is 9.90 Å². The summed E-state index contributed by atoms with van der Waals surface area (Å²) < 4.78 is 17.2. The summed E-state index contributed by atoms with van der Waals surface area (Å²) in [6.07, 6.45) is 2.43. The molecule has 1 N–H and O–H groups in total. The van der Waals surface area contributed by atoms with Crippen molar-refractivity contribution < 1.29 is 24.1 Å². The number of hydrogen-bond acceptors (Lipinski definition) is 4. The van der Waals surface area contributed by atoms with Crippen molar-refractivity contribution in [3.63, 3.8) is 0 Å². The Balaban J connectivity index is 1.44. The van der Waals surface area contributed by atoms with Crippen LogP contribution in [0.3, 0.4) is 0 Å². The van der Waals surface area contributed by atoms with E-state index in [4.69, 9.17) is 14.2 Å². The van der Waals surface area contributed by atoms with Crippen LogP contribution in [0.4, 0.5) is 0 Å². The Hall–Kier alpha value is -2.53. The van der Waals surface area contributed by atoms with Crippen molar-refractivity contribution in [1.29, 1.82) is 0 Å². The molecule has 0 amide bonds. The predicted molar refractivity (Wildman–Crippen MR) is 116 cm³/mol. The Morgan fingerprint density at radius 3 is 2.37 bits per heavy atom. The molecule has 5 nitrogen and oxygen atoms in total. The fraction of sp³-hybridized carbons (Fsp3) is 0.480. The lowest BCUT2D eigenvalue weighted by Gasteiger charge is -2.23. The molecule has 0 spiro atoms. The number of carbonyl (C=O) groups is 1. The van der Waals surface area contributed by atoms with Crippen LogP contribution in [-0.4, -0.2) is 36.5 Å². The third kappa shape index (κ3) is 5.76. The Morgan fingerprint density at radius 1 is 1.07 bits per heavy atom. The van der Waals surface area contributed by atoms with Gasteiger partial charge < -0.3 is 19.3 Å². The minimum atomic E-state index is -1.10. The van der Waals surface area contributed by atoms with Crippen molar-refractivity contribution in [1.82, 2.24) is 0 Å². The molecule has 5 heteroatoms. The van der Waals surface area contributed by atoms with Crippen LogP contribution in [0, 0.1) is 0 Å². The molecule has 1 aliphatic heterocycles.